The lowest BCUT2D eigenvalue weighted by Crippen LogP contribution is -2.28. The van der Waals surface area contributed by atoms with E-state index >= 15 is 0 Å². The number of hydrogen-bond donors (Lipinski definition) is 0. The molecule has 0 radical (unpaired) electrons. The van der Waals surface area contributed by atoms with Crippen molar-refractivity contribution in [2.75, 3.05) is 0 Å². The first kappa shape index (κ1) is 22.7. The lowest BCUT2D eigenvalue weighted by molar-refractivity contribution is 0.575. The Morgan fingerprint density at radius 1 is 0.594 bits per heavy atom. The summed E-state index contributed by atoms with van der Waals surface area (Å²) in [7, 11) is -3.33. The van der Waals surface area contributed by atoms with Crippen LogP contribution in [0.5, 0.6) is 0 Å². The minimum Gasteiger partial charge on any atom is -0.313 e. The third-order valence-electron chi connectivity index (χ3n) is 6.09. The van der Waals surface area contributed by atoms with Gasteiger partial charge < -0.3 is 4.57 Å². The van der Waals surface area contributed by atoms with E-state index in [1.165, 1.54) is 10.6 Å². The van der Waals surface area contributed by atoms with Crippen molar-refractivity contribution in [1.82, 2.24) is 0 Å². The van der Waals surface area contributed by atoms with Crippen molar-refractivity contribution in [2.45, 2.75) is 31.6 Å². The summed E-state index contributed by atoms with van der Waals surface area (Å²) in [4.78, 5) is 0. The summed E-state index contributed by atoms with van der Waals surface area (Å²) in [6.45, 7) is 4.52. The highest BCUT2D eigenvalue weighted by molar-refractivity contribution is 7.79. The van der Waals surface area contributed by atoms with E-state index in [-0.39, 0.29) is 5.66 Å². The summed E-state index contributed by atoms with van der Waals surface area (Å²) in [5.41, 5.74) is 0.435. The quantitative estimate of drug-likeness (QED) is 0.284. The van der Waals surface area contributed by atoms with E-state index in [0.717, 1.165) is 17.0 Å². The van der Waals surface area contributed by atoms with E-state index in [1.54, 1.807) is 0 Å². The second-order valence-electron chi connectivity index (χ2n) is 8.30. The molecule has 0 spiro atoms. The van der Waals surface area contributed by atoms with Crippen molar-refractivity contribution < 1.29 is 4.57 Å². The van der Waals surface area contributed by atoms with Crippen LogP contribution in [0.3, 0.4) is 0 Å². The molecule has 0 aliphatic carbocycles. The zero-order valence-electron chi connectivity index (χ0n) is 18.7. The Morgan fingerprint density at radius 3 is 1.31 bits per heavy atom. The smallest absolute Gasteiger partial charge is 0.145 e. The van der Waals surface area contributed by atoms with Crippen LogP contribution < -0.4 is 21.2 Å². The van der Waals surface area contributed by atoms with Crippen LogP contribution in [0.4, 0.5) is 0 Å². The van der Waals surface area contributed by atoms with Gasteiger partial charge in [-0.3, -0.25) is 0 Å². The maximum atomic E-state index is 14.8. The summed E-state index contributed by atoms with van der Waals surface area (Å²) in [6.07, 6.45) is 0.899. The molecule has 32 heavy (non-hydrogen) atoms. The third kappa shape index (κ3) is 4.80. The molecule has 0 aliphatic rings. The first-order valence-corrected chi connectivity index (χ1v) is 14.4. The summed E-state index contributed by atoms with van der Waals surface area (Å²) < 4.78 is 14.8. The van der Waals surface area contributed by atoms with E-state index in [2.05, 4.69) is 74.5 Å². The van der Waals surface area contributed by atoms with Crippen LogP contribution in [0, 0.1) is 0 Å². The molecule has 0 bridgehead atoms. The molecule has 4 aromatic carbocycles. The number of hydrogen-bond acceptors (Lipinski definition) is 1. The van der Waals surface area contributed by atoms with Gasteiger partial charge in [0.2, 0.25) is 0 Å². The van der Waals surface area contributed by atoms with Gasteiger partial charge in [0.1, 0.15) is 7.14 Å². The van der Waals surface area contributed by atoms with Gasteiger partial charge >= 0.3 is 0 Å². The van der Waals surface area contributed by atoms with Crippen LogP contribution in [0.15, 0.2) is 121 Å². The molecule has 0 saturated carbocycles. The molecule has 0 aliphatic heterocycles. The molecule has 4 aromatic rings. The number of benzene rings is 4. The van der Waals surface area contributed by atoms with Crippen LogP contribution >= 0.6 is 15.1 Å². The zero-order valence-corrected chi connectivity index (χ0v) is 20.5. The molecule has 4 rings (SSSR count). The van der Waals surface area contributed by atoms with Crippen LogP contribution in [0.2, 0.25) is 0 Å². The Balaban J connectivity index is 1.71. The van der Waals surface area contributed by atoms with Crippen molar-refractivity contribution in [3.8, 4) is 0 Å². The summed E-state index contributed by atoms with van der Waals surface area (Å²) >= 11 is 0. The first-order chi connectivity index (χ1) is 15.6. The van der Waals surface area contributed by atoms with Gasteiger partial charge in [-0.25, -0.2) is 0 Å². The molecule has 0 fully saturated rings. The molecule has 2 atom stereocenters. The SMILES string of the molecule is CC(CC(C)P(=O)(c1ccccc1)c1ccccc1)P(c1ccccc1)c1ccccc1. The Hall–Kier alpha value is -2.46. The minimum absolute atomic E-state index is 0.0414. The fourth-order valence-corrected chi connectivity index (χ4v) is 10.7. The van der Waals surface area contributed by atoms with Crippen molar-refractivity contribution in [2.24, 2.45) is 0 Å². The van der Waals surface area contributed by atoms with Gasteiger partial charge in [0.25, 0.3) is 0 Å². The molecule has 1 nitrogen and oxygen atoms in total. The Kier molecular flexibility index (Phi) is 7.41. The van der Waals surface area contributed by atoms with Crippen LogP contribution in [0.25, 0.3) is 0 Å². The minimum atomic E-state index is -2.78. The molecule has 162 valence electrons. The molecule has 2 unspecified atom stereocenters. The second-order valence-corrected chi connectivity index (χ2v) is 14.2. The monoisotopic (exact) mass is 456 g/mol. The predicted molar refractivity (Wildman–Crippen MR) is 142 cm³/mol. The molecule has 0 heterocycles. The van der Waals surface area contributed by atoms with Crippen molar-refractivity contribution >= 4 is 36.3 Å². The van der Waals surface area contributed by atoms with E-state index in [4.69, 9.17) is 0 Å². The highest BCUT2D eigenvalue weighted by Crippen LogP contribution is 2.53. The van der Waals surface area contributed by atoms with E-state index in [0.29, 0.717) is 5.66 Å². The average molecular weight is 457 g/mol. The van der Waals surface area contributed by atoms with Crippen LogP contribution in [-0.4, -0.2) is 11.3 Å². The summed E-state index contributed by atoms with van der Waals surface area (Å²) in [5, 5.41) is 4.66. The van der Waals surface area contributed by atoms with Gasteiger partial charge in [0, 0.05) is 16.3 Å². The van der Waals surface area contributed by atoms with Crippen molar-refractivity contribution in [1.29, 1.82) is 0 Å². The Labute approximate surface area is 193 Å². The predicted octanol–water partition coefficient (Wildman–Crippen LogP) is 6.30. The molecule has 0 aromatic heterocycles. The molecular weight excluding hydrogens is 426 g/mol. The summed E-state index contributed by atoms with van der Waals surface area (Å²) in [5.74, 6) is 0. The largest absolute Gasteiger partial charge is 0.313 e. The normalized spacial score (nSPS) is 13.6. The van der Waals surface area contributed by atoms with Gasteiger partial charge in [0.05, 0.1) is 0 Å². The van der Waals surface area contributed by atoms with Gasteiger partial charge in [-0.05, 0) is 30.6 Å². The lowest BCUT2D eigenvalue weighted by Gasteiger charge is -2.32. The Morgan fingerprint density at radius 2 is 0.938 bits per heavy atom. The maximum Gasteiger partial charge on any atom is 0.145 e. The average Bonchev–Trinajstić information content (AvgIpc) is 2.86. The summed E-state index contributed by atoms with van der Waals surface area (Å²) in [6, 6.07) is 41.8. The van der Waals surface area contributed by atoms with Crippen LogP contribution in [0.1, 0.15) is 20.3 Å². The topological polar surface area (TPSA) is 17.1 Å². The fraction of sp³-hybridized carbons (Fsp3) is 0.172. The van der Waals surface area contributed by atoms with E-state index in [1.807, 2.05) is 60.7 Å². The molecule has 0 amide bonds. The van der Waals surface area contributed by atoms with Gasteiger partial charge in [-0.1, -0.05) is 135 Å². The van der Waals surface area contributed by atoms with Crippen LogP contribution in [-0.2, 0) is 4.57 Å². The highest BCUT2D eigenvalue weighted by atomic mass is 31.2. The molecule has 0 saturated heterocycles. The van der Waals surface area contributed by atoms with E-state index in [9.17, 15) is 4.57 Å². The lowest BCUT2D eigenvalue weighted by atomic mass is 10.3. The van der Waals surface area contributed by atoms with Gasteiger partial charge in [-0.2, -0.15) is 0 Å². The van der Waals surface area contributed by atoms with Crippen molar-refractivity contribution in [3.05, 3.63) is 121 Å². The van der Waals surface area contributed by atoms with Gasteiger partial charge in [-0.15, -0.1) is 0 Å². The maximum absolute atomic E-state index is 14.8. The standard InChI is InChI=1S/C29H30OP2/c1-24(31(26-15-7-3-8-16-26)27-17-9-4-10-18-27)23-25(2)32(30,28-19-11-5-12-20-28)29-21-13-6-14-22-29/h3-22,24-25H,23H2,1-2H3. The molecular formula is C29H30OP2. The van der Waals surface area contributed by atoms with Gasteiger partial charge in [0.15, 0.2) is 0 Å². The van der Waals surface area contributed by atoms with E-state index < -0.39 is 15.1 Å². The second kappa shape index (κ2) is 10.4. The van der Waals surface area contributed by atoms with Crippen molar-refractivity contribution in [3.63, 3.8) is 0 Å². The zero-order chi connectivity index (χ0) is 22.4. The first-order valence-electron chi connectivity index (χ1n) is 11.2. The molecule has 3 heteroatoms. The Bertz CT molecular complexity index is 1060. The third-order valence-corrected chi connectivity index (χ3v) is 12.5. The number of rotatable bonds is 8. The highest BCUT2D eigenvalue weighted by Gasteiger charge is 2.36. The fourth-order valence-electron chi connectivity index (χ4n) is 4.54. The molecule has 0 N–H and O–H groups in total.